The number of ether oxygens (including phenoxy) is 2. The number of aromatic nitrogens is 1. The van der Waals surface area contributed by atoms with Crippen LogP contribution in [0.5, 0.6) is 0 Å². The molecular formula is C21H16BrCl2NO4. The molecule has 0 bridgehead atoms. The number of fused-ring (bicyclic) bond motifs is 1. The molecule has 3 aromatic rings. The van der Waals surface area contributed by atoms with Crippen molar-refractivity contribution in [2.75, 3.05) is 13.7 Å². The molecule has 0 fully saturated rings. The summed E-state index contributed by atoms with van der Waals surface area (Å²) in [5, 5.41) is 1.30. The van der Waals surface area contributed by atoms with Crippen molar-refractivity contribution in [2.45, 2.75) is 6.92 Å². The molecule has 0 spiro atoms. The number of halogens is 3. The number of hydrogen-bond donors (Lipinski definition) is 1. The van der Waals surface area contributed by atoms with Crippen molar-refractivity contribution < 1.29 is 19.1 Å². The molecule has 29 heavy (non-hydrogen) atoms. The molecule has 150 valence electrons. The number of nitrogens with one attached hydrogen (secondary N) is 1. The SMILES string of the molecule is CCOC(=O)c1[nH]c2cc(Cl)cc(Cl)c2c1/C=C(/C(=O)OC)c1ccc(Br)cc1. The second kappa shape index (κ2) is 9.03. The molecule has 0 atom stereocenters. The molecular weight excluding hydrogens is 481 g/mol. The number of carbonyl (C=O) groups is 2. The monoisotopic (exact) mass is 495 g/mol. The molecule has 1 heterocycles. The second-order valence-electron chi connectivity index (χ2n) is 6.00. The van der Waals surface area contributed by atoms with E-state index in [1.54, 1.807) is 49.4 Å². The van der Waals surface area contributed by atoms with E-state index in [0.717, 1.165) is 4.47 Å². The number of H-pyrrole nitrogens is 1. The van der Waals surface area contributed by atoms with Crippen molar-refractivity contribution in [3.63, 3.8) is 0 Å². The largest absolute Gasteiger partial charge is 0.465 e. The molecule has 8 heteroatoms. The standard InChI is InChI=1S/C21H16BrCl2NO4/c1-3-29-21(27)19-15(18-16(24)8-13(23)9-17(18)25-19)10-14(20(26)28-2)11-4-6-12(22)7-5-11/h4-10,25H,3H2,1-2H3/b14-10+. The Morgan fingerprint density at radius 2 is 1.86 bits per heavy atom. The number of esters is 2. The van der Waals surface area contributed by atoms with Crippen LogP contribution in [0.1, 0.15) is 28.5 Å². The predicted molar refractivity (Wildman–Crippen MR) is 118 cm³/mol. The van der Waals surface area contributed by atoms with Crippen LogP contribution < -0.4 is 0 Å². The minimum Gasteiger partial charge on any atom is -0.465 e. The van der Waals surface area contributed by atoms with E-state index >= 15 is 0 Å². The van der Waals surface area contributed by atoms with E-state index in [1.165, 1.54) is 7.11 Å². The molecule has 0 aliphatic heterocycles. The Morgan fingerprint density at radius 1 is 1.17 bits per heavy atom. The fourth-order valence-corrected chi connectivity index (χ4v) is 3.78. The average molecular weight is 497 g/mol. The van der Waals surface area contributed by atoms with Gasteiger partial charge in [-0.15, -0.1) is 0 Å². The highest BCUT2D eigenvalue weighted by Gasteiger charge is 2.22. The zero-order valence-electron chi connectivity index (χ0n) is 15.5. The van der Waals surface area contributed by atoms with Crippen molar-refractivity contribution in [3.05, 3.63) is 67.7 Å². The maximum Gasteiger partial charge on any atom is 0.355 e. The number of hydrogen-bond acceptors (Lipinski definition) is 4. The van der Waals surface area contributed by atoms with Gasteiger partial charge in [0.15, 0.2) is 0 Å². The quantitative estimate of drug-likeness (QED) is 0.341. The lowest BCUT2D eigenvalue weighted by Gasteiger charge is -2.08. The summed E-state index contributed by atoms with van der Waals surface area (Å²) in [6.07, 6.45) is 1.57. The topological polar surface area (TPSA) is 68.4 Å². The molecule has 1 N–H and O–H groups in total. The number of benzene rings is 2. The first kappa shape index (κ1) is 21.4. The van der Waals surface area contributed by atoms with Gasteiger partial charge in [0, 0.05) is 26.0 Å². The van der Waals surface area contributed by atoms with E-state index in [4.69, 9.17) is 32.7 Å². The van der Waals surface area contributed by atoms with Gasteiger partial charge < -0.3 is 14.5 Å². The van der Waals surface area contributed by atoms with Crippen LogP contribution in [0.3, 0.4) is 0 Å². The van der Waals surface area contributed by atoms with Crippen molar-refractivity contribution >= 4 is 73.6 Å². The summed E-state index contributed by atoms with van der Waals surface area (Å²) in [7, 11) is 1.29. The summed E-state index contributed by atoms with van der Waals surface area (Å²) in [6, 6.07) is 10.4. The maximum atomic E-state index is 12.6. The number of aromatic amines is 1. The van der Waals surface area contributed by atoms with E-state index in [0.29, 0.717) is 32.1 Å². The lowest BCUT2D eigenvalue weighted by atomic mass is 10.0. The summed E-state index contributed by atoms with van der Waals surface area (Å²) in [5.74, 6) is -1.12. The molecule has 0 aliphatic carbocycles. The minimum absolute atomic E-state index is 0.171. The Labute approximate surface area is 185 Å². The molecule has 1 aromatic heterocycles. The fraction of sp³-hybridized carbons (Fsp3) is 0.143. The average Bonchev–Trinajstić information content (AvgIpc) is 3.05. The second-order valence-corrected chi connectivity index (χ2v) is 7.76. The van der Waals surface area contributed by atoms with Gasteiger partial charge >= 0.3 is 11.9 Å². The van der Waals surface area contributed by atoms with Crippen LogP contribution in [0.2, 0.25) is 10.0 Å². The van der Waals surface area contributed by atoms with E-state index < -0.39 is 11.9 Å². The molecule has 2 aromatic carbocycles. The van der Waals surface area contributed by atoms with Crippen molar-refractivity contribution in [1.29, 1.82) is 0 Å². The molecule has 0 unspecified atom stereocenters. The Balaban J connectivity index is 2.32. The van der Waals surface area contributed by atoms with E-state index in [9.17, 15) is 9.59 Å². The Bertz CT molecular complexity index is 1120. The highest BCUT2D eigenvalue weighted by Crippen LogP contribution is 2.35. The summed E-state index contributed by atoms with van der Waals surface area (Å²) in [5.41, 5.74) is 2.02. The fourth-order valence-electron chi connectivity index (χ4n) is 2.93. The minimum atomic E-state index is -0.567. The molecule has 5 nitrogen and oxygen atoms in total. The molecule has 0 radical (unpaired) electrons. The smallest absolute Gasteiger partial charge is 0.355 e. The third-order valence-corrected chi connectivity index (χ3v) is 5.23. The van der Waals surface area contributed by atoms with Gasteiger partial charge in [0.25, 0.3) is 0 Å². The van der Waals surface area contributed by atoms with Gasteiger partial charge in [0.2, 0.25) is 0 Å². The summed E-state index contributed by atoms with van der Waals surface area (Å²) >= 11 is 15.9. The van der Waals surface area contributed by atoms with Gasteiger partial charge in [-0.2, -0.15) is 0 Å². The molecule has 3 rings (SSSR count). The van der Waals surface area contributed by atoms with Gasteiger partial charge in [0.1, 0.15) is 5.69 Å². The highest BCUT2D eigenvalue weighted by atomic mass is 79.9. The first-order valence-corrected chi connectivity index (χ1v) is 10.1. The first-order valence-electron chi connectivity index (χ1n) is 8.59. The van der Waals surface area contributed by atoms with Gasteiger partial charge in [0.05, 0.1) is 24.3 Å². The van der Waals surface area contributed by atoms with Crippen LogP contribution in [0.4, 0.5) is 0 Å². The van der Waals surface area contributed by atoms with Crippen LogP contribution >= 0.6 is 39.1 Å². The van der Waals surface area contributed by atoms with Crippen LogP contribution in [-0.2, 0) is 14.3 Å². The molecule has 0 saturated carbocycles. The Kier molecular flexibility index (Phi) is 6.67. The van der Waals surface area contributed by atoms with Crippen LogP contribution in [-0.4, -0.2) is 30.6 Å². The molecule has 0 saturated heterocycles. The zero-order valence-corrected chi connectivity index (χ0v) is 18.6. The number of rotatable bonds is 5. The van der Waals surface area contributed by atoms with Gasteiger partial charge in [-0.05, 0) is 42.8 Å². The lowest BCUT2D eigenvalue weighted by Crippen LogP contribution is -2.08. The van der Waals surface area contributed by atoms with Gasteiger partial charge in [-0.1, -0.05) is 51.3 Å². The van der Waals surface area contributed by atoms with Gasteiger partial charge in [-0.25, -0.2) is 9.59 Å². The third-order valence-electron chi connectivity index (χ3n) is 4.18. The van der Waals surface area contributed by atoms with Crippen molar-refractivity contribution in [3.8, 4) is 0 Å². The maximum absolute atomic E-state index is 12.6. The van der Waals surface area contributed by atoms with E-state index in [2.05, 4.69) is 20.9 Å². The van der Waals surface area contributed by atoms with Crippen LogP contribution in [0.15, 0.2) is 40.9 Å². The first-order chi connectivity index (χ1) is 13.8. The lowest BCUT2D eigenvalue weighted by molar-refractivity contribution is -0.133. The number of carbonyl (C=O) groups excluding carboxylic acids is 2. The van der Waals surface area contributed by atoms with Crippen molar-refractivity contribution in [2.24, 2.45) is 0 Å². The molecule has 0 aliphatic rings. The Hall–Kier alpha value is -2.28. The summed E-state index contributed by atoms with van der Waals surface area (Å²) in [4.78, 5) is 28.1. The number of methoxy groups -OCH3 is 1. The predicted octanol–water partition coefficient (Wildman–Crippen LogP) is 6.13. The normalized spacial score (nSPS) is 11.6. The van der Waals surface area contributed by atoms with E-state index in [-0.39, 0.29) is 17.9 Å². The molecule has 0 amide bonds. The van der Waals surface area contributed by atoms with Crippen LogP contribution in [0, 0.1) is 0 Å². The third kappa shape index (κ3) is 4.50. The van der Waals surface area contributed by atoms with E-state index in [1.807, 2.05) is 0 Å². The van der Waals surface area contributed by atoms with Crippen LogP contribution in [0.25, 0.3) is 22.6 Å². The zero-order chi connectivity index (χ0) is 21.1. The summed E-state index contributed by atoms with van der Waals surface area (Å²) in [6.45, 7) is 1.91. The summed E-state index contributed by atoms with van der Waals surface area (Å²) < 4.78 is 11.0. The van der Waals surface area contributed by atoms with Crippen molar-refractivity contribution in [1.82, 2.24) is 4.98 Å². The highest BCUT2D eigenvalue weighted by molar-refractivity contribution is 9.10. The Morgan fingerprint density at radius 3 is 2.48 bits per heavy atom. The van der Waals surface area contributed by atoms with Gasteiger partial charge in [-0.3, -0.25) is 0 Å².